The second kappa shape index (κ2) is 6.00. The first-order chi connectivity index (χ1) is 8.29. The minimum Gasteiger partial charge on any atom is -0.497 e. The van der Waals surface area contributed by atoms with Gasteiger partial charge in [-0.2, -0.15) is 0 Å². The van der Waals surface area contributed by atoms with E-state index in [-0.39, 0.29) is 6.04 Å². The number of methoxy groups -OCH3 is 1. The van der Waals surface area contributed by atoms with E-state index in [0.29, 0.717) is 0 Å². The van der Waals surface area contributed by atoms with Crippen molar-refractivity contribution in [1.29, 1.82) is 0 Å². The molecule has 0 amide bonds. The van der Waals surface area contributed by atoms with Crippen LogP contribution in [0.25, 0.3) is 0 Å². The van der Waals surface area contributed by atoms with E-state index in [1.807, 2.05) is 24.3 Å². The van der Waals surface area contributed by atoms with E-state index in [1.54, 1.807) is 7.11 Å². The van der Waals surface area contributed by atoms with E-state index in [1.165, 1.54) is 5.56 Å². The Morgan fingerprint density at radius 2 is 1.94 bits per heavy atom. The summed E-state index contributed by atoms with van der Waals surface area (Å²) in [7, 11) is 1.68. The van der Waals surface area contributed by atoms with Crippen molar-refractivity contribution < 1.29 is 4.74 Å². The van der Waals surface area contributed by atoms with Crippen LogP contribution in [-0.2, 0) is 0 Å². The summed E-state index contributed by atoms with van der Waals surface area (Å²) in [5.74, 6) is 0.878. The Bertz CT molecular complexity index is 333. The highest BCUT2D eigenvalue weighted by Crippen LogP contribution is 2.17. The van der Waals surface area contributed by atoms with Gasteiger partial charge in [0.2, 0.25) is 0 Å². The summed E-state index contributed by atoms with van der Waals surface area (Å²) >= 11 is 0. The van der Waals surface area contributed by atoms with E-state index in [0.717, 1.165) is 38.5 Å². The first-order valence-corrected chi connectivity index (χ1v) is 6.12. The van der Waals surface area contributed by atoms with Crippen molar-refractivity contribution in [3.63, 3.8) is 0 Å². The van der Waals surface area contributed by atoms with Gasteiger partial charge in [0.25, 0.3) is 0 Å². The van der Waals surface area contributed by atoms with Gasteiger partial charge in [0, 0.05) is 38.8 Å². The molecule has 4 nitrogen and oxygen atoms in total. The van der Waals surface area contributed by atoms with Crippen LogP contribution < -0.4 is 15.8 Å². The molecule has 1 aliphatic heterocycles. The van der Waals surface area contributed by atoms with Gasteiger partial charge in [-0.3, -0.25) is 4.90 Å². The normalized spacial score (nSPS) is 18.9. The molecule has 1 aromatic carbocycles. The fraction of sp³-hybridized carbons (Fsp3) is 0.538. The Balaban J connectivity index is 1.91. The number of benzene rings is 1. The molecule has 3 N–H and O–H groups in total. The third-order valence-electron chi connectivity index (χ3n) is 3.21. The highest BCUT2D eigenvalue weighted by molar-refractivity contribution is 5.29. The average molecular weight is 235 g/mol. The molecule has 1 atom stereocenters. The molecule has 0 aromatic heterocycles. The summed E-state index contributed by atoms with van der Waals surface area (Å²) in [6.07, 6.45) is 0. The lowest BCUT2D eigenvalue weighted by atomic mass is 10.1. The van der Waals surface area contributed by atoms with Gasteiger partial charge in [-0.1, -0.05) is 12.1 Å². The maximum Gasteiger partial charge on any atom is 0.118 e. The summed E-state index contributed by atoms with van der Waals surface area (Å²) in [5.41, 5.74) is 7.39. The molecule has 4 heteroatoms. The largest absolute Gasteiger partial charge is 0.497 e. The Kier molecular flexibility index (Phi) is 4.36. The van der Waals surface area contributed by atoms with Crippen molar-refractivity contribution in [2.45, 2.75) is 6.04 Å². The minimum absolute atomic E-state index is 0.0824. The molecule has 17 heavy (non-hydrogen) atoms. The molecular weight excluding hydrogens is 214 g/mol. The number of nitrogens with one attached hydrogen (secondary N) is 1. The van der Waals surface area contributed by atoms with Crippen molar-refractivity contribution in [1.82, 2.24) is 10.2 Å². The first-order valence-electron chi connectivity index (χ1n) is 6.12. The lowest BCUT2D eigenvalue weighted by Crippen LogP contribution is -2.45. The SMILES string of the molecule is COc1ccc(C(N)CN2CCNCC2)cc1. The predicted molar refractivity (Wildman–Crippen MR) is 69.2 cm³/mol. The fourth-order valence-electron chi connectivity index (χ4n) is 2.13. The van der Waals surface area contributed by atoms with Gasteiger partial charge in [0.15, 0.2) is 0 Å². The standard InChI is InChI=1S/C13H21N3O/c1-17-12-4-2-11(3-5-12)13(14)10-16-8-6-15-7-9-16/h2-5,13,15H,6-10,14H2,1H3. The molecule has 0 bridgehead atoms. The van der Waals surface area contributed by atoms with Crippen LogP contribution in [0.3, 0.4) is 0 Å². The van der Waals surface area contributed by atoms with Gasteiger partial charge in [-0.05, 0) is 17.7 Å². The number of rotatable bonds is 4. The zero-order valence-corrected chi connectivity index (χ0v) is 10.4. The molecular formula is C13H21N3O. The third kappa shape index (κ3) is 3.43. The Morgan fingerprint density at radius 3 is 2.53 bits per heavy atom. The van der Waals surface area contributed by atoms with Crippen molar-refractivity contribution in [3.8, 4) is 5.75 Å². The highest BCUT2D eigenvalue weighted by Gasteiger charge is 2.14. The van der Waals surface area contributed by atoms with Crippen LogP contribution in [0.1, 0.15) is 11.6 Å². The van der Waals surface area contributed by atoms with E-state index in [9.17, 15) is 0 Å². The predicted octanol–water partition coefficient (Wildman–Crippen LogP) is 0.600. The molecule has 0 saturated carbocycles. The van der Waals surface area contributed by atoms with Gasteiger partial charge in [-0.25, -0.2) is 0 Å². The number of hydrogen-bond donors (Lipinski definition) is 2. The Labute approximate surface area is 103 Å². The van der Waals surface area contributed by atoms with Crippen LogP contribution in [0, 0.1) is 0 Å². The molecule has 0 aliphatic carbocycles. The maximum atomic E-state index is 6.21. The molecule has 1 heterocycles. The Hall–Kier alpha value is -1.10. The summed E-state index contributed by atoms with van der Waals surface area (Å²) in [6, 6.07) is 8.11. The summed E-state index contributed by atoms with van der Waals surface area (Å²) < 4.78 is 5.14. The maximum absolute atomic E-state index is 6.21. The van der Waals surface area contributed by atoms with Crippen LogP contribution in [0.15, 0.2) is 24.3 Å². The third-order valence-corrected chi connectivity index (χ3v) is 3.21. The average Bonchev–Trinajstić information content (AvgIpc) is 2.40. The van der Waals surface area contributed by atoms with Crippen molar-refractivity contribution in [3.05, 3.63) is 29.8 Å². The van der Waals surface area contributed by atoms with Crippen molar-refractivity contribution in [2.75, 3.05) is 39.8 Å². The number of piperazine rings is 1. The van der Waals surface area contributed by atoms with Gasteiger partial charge in [0.1, 0.15) is 5.75 Å². The molecule has 1 aliphatic rings. The van der Waals surface area contributed by atoms with Crippen LogP contribution in [-0.4, -0.2) is 44.7 Å². The zero-order valence-electron chi connectivity index (χ0n) is 10.4. The molecule has 94 valence electrons. The number of hydrogen-bond acceptors (Lipinski definition) is 4. The number of nitrogens with two attached hydrogens (primary N) is 1. The van der Waals surface area contributed by atoms with Crippen LogP contribution >= 0.6 is 0 Å². The van der Waals surface area contributed by atoms with Crippen LogP contribution in [0.5, 0.6) is 5.75 Å². The van der Waals surface area contributed by atoms with Gasteiger partial charge < -0.3 is 15.8 Å². The fourth-order valence-corrected chi connectivity index (χ4v) is 2.13. The number of nitrogens with zero attached hydrogens (tertiary/aromatic N) is 1. The van der Waals surface area contributed by atoms with Gasteiger partial charge >= 0.3 is 0 Å². The summed E-state index contributed by atoms with van der Waals surface area (Å²) in [5, 5.41) is 3.34. The first kappa shape index (κ1) is 12.4. The smallest absolute Gasteiger partial charge is 0.118 e. The lowest BCUT2D eigenvalue weighted by molar-refractivity contribution is 0.228. The molecule has 1 saturated heterocycles. The van der Waals surface area contributed by atoms with Crippen molar-refractivity contribution in [2.24, 2.45) is 5.73 Å². The lowest BCUT2D eigenvalue weighted by Gasteiger charge is -2.29. The van der Waals surface area contributed by atoms with Gasteiger partial charge in [-0.15, -0.1) is 0 Å². The molecule has 0 radical (unpaired) electrons. The van der Waals surface area contributed by atoms with Crippen LogP contribution in [0.4, 0.5) is 0 Å². The quantitative estimate of drug-likeness (QED) is 0.802. The topological polar surface area (TPSA) is 50.5 Å². The van der Waals surface area contributed by atoms with E-state index in [4.69, 9.17) is 10.5 Å². The molecule has 1 fully saturated rings. The van der Waals surface area contributed by atoms with E-state index in [2.05, 4.69) is 10.2 Å². The van der Waals surface area contributed by atoms with E-state index < -0.39 is 0 Å². The monoisotopic (exact) mass is 235 g/mol. The van der Waals surface area contributed by atoms with Crippen LogP contribution in [0.2, 0.25) is 0 Å². The number of ether oxygens (including phenoxy) is 1. The summed E-state index contributed by atoms with van der Waals surface area (Å²) in [4.78, 5) is 2.41. The molecule has 1 aromatic rings. The van der Waals surface area contributed by atoms with E-state index >= 15 is 0 Å². The second-order valence-corrected chi connectivity index (χ2v) is 4.43. The van der Waals surface area contributed by atoms with Gasteiger partial charge in [0.05, 0.1) is 7.11 Å². The molecule has 2 rings (SSSR count). The second-order valence-electron chi connectivity index (χ2n) is 4.43. The van der Waals surface area contributed by atoms with Crippen molar-refractivity contribution >= 4 is 0 Å². The molecule has 1 unspecified atom stereocenters. The summed E-state index contributed by atoms with van der Waals surface area (Å²) in [6.45, 7) is 5.23. The highest BCUT2D eigenvalue weighted by atomic mass is 16.5. The zero-order chi connectivity index (χ0) is 12.1. The minimum atomic E-state index is 0.0824. The Morgan fingerprint density at radius 1 is 1.29 bits per heavy atom. The molecule has 0 spiro atoms.